The number of aliphatic hydroxyl groups excluding tert-OH is 8. The molecule has 2 saturated heterocycles. The third-order valence-corrected chi connectivity index (χ3v) is 23.5. The number of carbonyl (C=O) groups excluding carboxylic acids is 8. The summed E-state index contributed by atoms with van der Waals surface area (Å²) in [4.78, 5) is 127. The molecule has 7 aromatic rings. The van der Waals surface area contributed by atoms with Crippen molar-refractivity contribution in [2.24, 2.45) is 5.92 Å². The molecule has 0 radical (unpaired) electrons. The van der Waals surface area contributed by atoms with E-state index in [-0.39, 0.29) is 59.1 Å². The topological polar surface area (TPSA) is 555 Å². The Morgan fingerprint density at radius 3 is 1.86 bits per heavy atom. The largest absolute Gasteiger partial charge is 0.508 e. The highest BCUT2D eigenvalue weighted by Gasteiger charge is 2.50. The zero-order valence-electron chi connectivity index (χ0n) is 69.5. The fraction of sp³-hybridized carbons (Fsp3) is 0.432. The van der Waals surface area contributed by atoms with Crippen LogP contribution in [0.3, 0.4) is 0 Å². The number of rotatable bonds is 22. The number of phenolic OH excluding ortho intramolecular Hbond substituents is 4. The maximum absolute atomic E-state index is 16.8. The molecule has 0 spiro atoms. The van der Waals surface area contributed by atoms with Crippen LogP contribution in [0.15, 0.2) is 115 Å². The van der Waals surface area contributed by atoms with Crippen LogP contribution >= 0.6 is 23.2 Å². The van der Waals surface area contributed by atoms with E-state index in [1.165, 1.54) is 61.6 Å². The molecule has 18 atom stereocenters. The van der Waals surface area contributed by atoms with Gasteiger partial charge in [-0.05, 0) is 153 Å². The first-order chi connectivity index (χ1) is 60.7. The molecule has 0 unspecified atom stereocenters. The molecule has 39 heteroatoms. The maximum Gasteiger partial charge on any atom is 0.248 e. The van der Waals surface area contributed by atoms with Gasteiger partial charge in [0.1, 0.15) is 137 Å². The zero-order chi connectivity index (χ0) is 91.1. The van der Waals surface area contributed by atoms with Gasteiger partial charge in [0.25, 0.3) is 0 Å². The van der Waals surface area contributed by atoms with Gasteiger partial charge < -0.3 is 147 Å². The van der Waals surface area contributed by atoms with E-state index in [1.54, 1.807) is 14.1 Å². The number of carbonyl (C=O) groups is 8. The normalized spacial score (nSPS) is 26.0. The van der Waals surface area contributed by atoms with Crippen molar-refractivity contribution in [1.29, 1.82) is 0 Å². The van der Waals surface area contributed by atoms with Crippen molar-refractivity contribution < 1.29 is 133 Å². The minimum atomic E-state index is -2.40. The number of fused-ring (bicyclic) bond motifs is 14. The molecule has 8 aliphatic heterocycles. The van der Waals surface area contributed by atoms with Crippen LogP contribution in [-0.2, 0) is 54.3 Å². The van der Waals surface area contributed by atoms with E-state index in [0.29, 0.717) is 37.3 Å². The number of aliphatic hydroxyl groups is 8. The van der Waals surface area contributed by atoms with Crippen molar-refractivity contribution in [2.75, 3.05) is 47.4 Å². The SMILES string of the molecule is CN[C@H]1C(=O)N[C@@H]2Cc3ccc(cc3)Oc3cc4cc(c3O[C@@H]3O[C@H](CO)[C@@H](O)[C@H](O)[C@H]3NC(=O)CCCCCCCCC(C)C)Oc3ccc(cc3Cl)[C@@H](O)[C@@H]3NC(=O)[C@H](NC(=O)[C@@H]4NC(=O)[C@@H](NC2=O)c2cc(cc(O)c2Cl)Oc2cc1ccc2O)c1ccc(O)c(c1)-c1c(O[C@H]2O[C@H](CO)[C@@H](O)[C@H](O)[C@@H]2O)cc(O)cc1[C@H](C(=O)NCCCN(C)C)NC3=O. The number of ether oxygens (including phenoxy) is 7. The van der Waals surface area contributed by atoms with Gasteiger partial charge in [0, 0.05) is 48.2 Å². The molecule has 2 fully saturated rings. The fourth-order valence-electron chi connectivity index (χ4n) is 15.9. The van der Waals surface area contributed by atoms with E-state index >= 15 is 28.8 Å². The highest BCUT2D eigenvalue weighted by molar-refractivity contribution is 6.33. The number of hydrogen-bond donors (Lipinski definition) is 21. The molecule has 37 nitrogen and oxygen atoms in total. The van der Waals surface area contributed by atoms with E-state index in [1.807, 2.05) is 4.90 Å². The molecule has 17 bridgehead atoms. The lowest BCUT2D eigenvalue weighted by molar-refractivity contribution is -0.277. The van der Waals surface area contributed by atoms with Gasteiger partial charge in [0.15, 0.2) is 23.0 Å². The second-order valence-electron chi connectivity index (χ2n) is 32.7. The molecule has 680 valence electrons. The van der Waals surface area contributed by atoms with Gasteiger partial charge in [-0.2, -0.15) is 0 Å². The van der Waals surface area contributed by atoms with Crippen molar-refractivity contribution in [2.45, 2.75) is 188 Å². The van der Waals surface area contributed by atoms with E-state index in [9.17, 15) is 70.9 Å². The van der Waals surface area contributed by atoms with Gasteiger partial charge in [-0.15, -0.1) is 0 Å². The van der Waals surface area contributed by atoms with Crippen LogP contribution in [0.5, 0.6) is 69.0 Å². The monoisotopic (exact) mass is 1800 g/mol. The van der Waals surface area contributed by atoms with Crippen molar-refractivity contribution in [1.82, 2.24) is 52.8 Å². The summed E-state index contributed by atoms with van der Waals surface area (Å²) in [5, 5.41) is 162. The molecule has 15 rings (SSSR count). The molecule has 21 N–H and O–H groups in total. The van der Waals surface area contributed by atoms with Crippen LogP contribution in [0.2, 0.25) is 10.0 Å². The molecule has 0 aromatic heterocycles. The lowest BCUT2D eigenvalue weighted by atomic mass is 9.89. The summed E-state index contributed by atoms with van der Waals surface area (Å²) in [6, 6.07) is 6.60. The summed E-state index contributed by atoms with van der Waals surface area (Å²) in [6.45, 7) is 2.73. The number of nitrogens with one attached hydrogen (secondary N) is 9. The number of halogens is 2. The standard InChI is InChI=1S/C88H102Cl2N10O27/c1-39(2)13-10-8-6-7-9-11-14-63(107)94-72-76(111)74(109)61(37-101)125-87(72)127-79-59-31-44-32-60(79)123-56-24-19-43(29-51(56)89)73(108)71-86(120)98-69(81(115)92-25-12-26-100(4)5)49-33-45(103)34-58(124-88-78(113)77(112)75(110)62(38-102)126-88)64(49)48-28-41(17-22-53(48)104)67(83(117)99-71)95-84(118)68(44)96-85(119)70-50-35-47(36-55(106)65(50)90)122-57-30-42(18-23-54(57)105)66(91-3)82(116)93-52(80(114)97-70)27-40-15-20-46(121-59)21-16-40/h15-24,28-36,39,52,61-62,66-78,87-88,91,101-106,108-113H,6-14,25-27,37-38H2,1-5H3,(H,92,115)(H,93,116)(H,94,107)(H,95,118)(H,96,119)(H,97,114)(H,98,120)(H,99,117)/t52-,61-,62-,66-,67-,68-,69-,70+,71+,72-,73-,74-,75-,76-,77+,78+,87+,88+/m1/s1. The predicted molar refractivity (Wildman–Crippen MR) is 452 cm³/mol. The van der Waals surface area contributed by atoms with Crippen LogP contribution in [0.4, 0.5) is 0 Å². The second-order valence-corrected chi connectivity index (χ2v) is 33.4. The van der Waals surface area contributed by atoms with Crippen LogP contribution in [0.1, 0.15) is 147 Å². The molecular weight excluding hydrogens is 1700 g/mol. The third kappa shape index (κ3) is 21.2. The quantitative estimate of drug-likeness (QED) is 0.0425. The Kier molecular flexibility index (Phi) is 29.9. The second kappa shape index (κ2) is 40.7. The first-order valence-corrected chi connectivity index (χ1v) is 42.3. The number of amides is 8. The Bertz CT molecular complexity index is 5240. The number of hydrogen-bond acceptors (Lipinski definition) is 29. The number of nitrogens with zero attached hydrogens (tertiary/aromatic N) is 1. The third-order valence-electron chi connectivity index (χ3n) is 22.8. The summed E-state index contributed by atoms with van der Waals surface area (Å²) in [5.41, 5.74) is -2.44. The lowest BCUT2D eigenvalue weighted by Gasteiger charge is -2.42. The van der Waals surface area contributed by atoms with Gasteiger partial charge in [-0.1, -0.05) is 106 Å². The number of unbranched alkanes of at least 4 members (excludes halogenated alkanes) is 5. The Morgan fingerprint density at radius 2 is 1.17 bits per heavy atom. The first kappa shape index (κ1) is 93.2. The van der Waals surface area contributed by atoms with Crippen LogP contribution in [0.25, 0.3) is 11.1 Å². The van der Waals surface area contributed by atoms with Gasteiger partial charge in [-0.3, -0.25) is 38.4 Å². The number of aromatic hydroxyl groups is 4. The van der Waals surface area contributed by atoms with E-state index < -0.39 is 254 Å². The molecule has 8 amide bonds. The average molecular weight is 1800 g/mol. The minimum Gasteiger partial charge on any atom is -0.508 e. The number of likely N-dealkylation sites (N-methyl/N-ethyl adjacent to an activating group) is 1. The average Bonchev–Trinajstić information content (AvgIpc) is 0.759. The van der Waals surface area contributed by atoms with Gasteiger partial charge in [-0.25, -0.2) is 0 Å². The van der Waals surface area contributed by atoms with E-state index in [2.05, 4.69) is 61.7 Å². The highest BCUT2D eigenvalue weighted by Crippen LogP contribution is 2.51. The molecule has 8 heterocycles. The van der Waals surface area contributed by atoms with E-state index in [4.69, 9.17) is 56.4 Å². The van der Waals surface area contributed by atoms with Gasteiger partial charge in [0.2, 0.25) is 65.6 Å². The van der Waals surface area contributed by atoms with Crippen LogP contribution in [-0.4, -0.2) is 234 Å². The zero-order valence-corrected chi connectivity index (χ0v) is 71.0. The highest BCUT2D eigenvalue weighted by atomic mass is 35.5. The fourth-order valence-corrected chi connectivity index (χ4v) is 16.4. The predicted octanol–water partition coefficient (Wildman–Crippen LogP) is 4.08. The molecule has 127 heavy (non-hydrogen) atoms. The Morgan fingerprint density at radius 1 is 0.543 bits per heavy atom. The number of benzene rings is 7. The van der Waals surface area contributed by atoms with Gasteiger partial charge in [0.05, 0.1) is 23.3 Å². The van der Waals surface area contributed by atoms with Gasteiger partial charge >= 0.3 is 0 Å². The summed E-state index contributed by atoms with van der Waals surface area (Å²) in [6.07, 6.45) is -13.8. The smallest absolute Gasteiger partial charge is 0.248 e. The van der Waals surface area contributed by atoms with Crippen LogP contribution in [0, 0.1) is 5.92 Å². The Balaban J connectivity index is 1.04. The molecule has 0 aliphatic carbocycles. The summed E-state index contributed by atoms with van der Waals surface area (Å²) < 4.78 is 44.9. The lowest BCUT2D eigenvalue weighted by Crippen LogP contribution is -2.65. The Hall–Kier alpha value is -11.4. The van der Waals surface area contributed by atoms with E-state index in [0.717, 1.165) is 92.8 Å². The molecule has 8 aliphatic rings. The van der Waals surface area contributed by atoms with Crippen molar-refractivity contribution in [3.05, 3.63) is 164 Å². The Labute approximate surface area is 737 Å². The molecular formula is C88H102Cl2N10O27. The van der Waals surface area contributed by atoms with Crippen molar-refractivity contribution in [3.63, 3.8) is 0 Å². The first-order valence-electron chi connectivity index (χ1n) is 41.5. The minimum absolute atomic E-state index is 0.0760. The summed E-state index contributed by atoms with van der Waals surface area (Å²) in [5.74, 6) is -14.9. The number of phenols is 4. The summed E-state index contributed by atoms with van der Waals surface area (Å²) in [7, 11) is 4.98. The van der Waals surface area contributed by atoms with Crippen LogP contribution < -0.4 is 71.5 Å². The van der Waals surface area contributed by atoms with Crippen molar-refractivity contribution in [3.8, 4) is 80.1 Å². The van der Waals surface area contributed by atoms with Crippen molar-refractivity contribution >= 4 is 70.5 Å². The maximum atomic E-state index is 16.8. The molecule has 0 saturated carbocycles. The molecule has 7 aromatic carbocycles. The summed E-state index contributed by atoms with van der Waals surface area (Å²) >= 11 is 14.3.